The van der Waals surface area contributed by atoms with Crippen molar-refractivity contribution < 1.29 is 9.53 Å². The summed E-state index contributed by atoms with van der Waals surface area (Å²) >= 11 is 12.0. The number of benzene rings is 2. The fourth-order valence-electron chi connectivity index (χ4n) is 1.80. The van der Waals surface area contributed by atoms with Crippen molar-refractivity contribution in [2.24, 2.45) is 0 Å². The summed E-state index contributed by atoms with van der Waals surface area (Å²) in [6.45, 7) is 1.92. The molecule has 0 aliphatic rings. The van der Waals surface area contributed by atoms with Gasteiger partial charge in [0.1, 0.15) is 5.75 Å². The second-order valence-corrected chi connectivity index (χ2v) is 4.90. The maximum absolute atomic E-state index is 12.4. The van der Waals surface area contributed by atoms with Crippen molar-refractivity contribution >= 4 is 29.0 Å². The van der Waals surface area contributed by atoms with Gasteiger partial charge in [0.05, 0.1) is 17.2 Å². The molecule has 2 nitrogen and oxygen atoms in total. The first-order chi connectivity index (χ1) is 9.04. The summed E-state index contributed by atoms with van der Waals surface area (Å²) in [6.07, 6.45) is 0. The van der Waals surface area contributed by atoms with E-state index >= 15 is 0 Å². The van der Waals surface area contributed by atoms with Gasteiger partial charge in [-0.2, -0.15) is 0 Å². The second-order valence-electron chi connectivity index (χ2n) is 4.11. The van der Waals surface area contributed by atoms with Crippen molar-refractivity contribution in [1.82, 2.24) is 0 Å². The first kappa shape index (κ1) is 13.9. The van der Waals surface area contributed by atoms with E-state index in [1.54, 1.807) is 37.4 Å². The molecule has 0 aliphatic carbocycles. The fourth-order valence-corrected chi connectivity index (χ4v) is 2.18. The molecule has 0 saturated heterocycles. The number of rotatable bonds is 3. The summed E-state index contributed by atoms with van der Waals surface area (Å²) in [6, 6.07) is 10.3. The third kappa shape index (κ3) is 2.75. The number of ether oxygens (including phenoxy) is 1. The largest absolute Gasteiger partial charge is 0.496 e. The summed E-state index contributed by atoms with van der Waals surface area (Å²) < 4.78 is 5.21. The Morgan fingerprint density at radius 2 is 1.89 bits per heavy atom. The molecule has 0 unspecified atom stereocenters. The summed E-state index contributed by atoms with van der Waals surface area (Å²) in [5, 5.41) is 0.639. The minimum Gasteiger partial charge on any atom is -0.496 e. The molecule has 0 bridgehead atoms. The lowest BCUT2D eigenvalue weighted by molar-refractivity contribution is 0.103. The van der Waals surface area contributed by atoms with E-state index in [1.807, 2.05) is 13.0 Å². The van der Waals surface area contributed by atoms with Crippen LogP contribution >= 0.6 is 23.2 Å². The van der Waals surface area contributed by atoms with Crippen LogP contribution in [0.4, 0.5) is 0 Å². The van der Waals surface area contributed by atoms with E-state index in [9.17, 15) is 4.79 Å². The highest BCUT2D eigenvalue weighted by Crippen LogP contribution is 2.28. The Bertz CT molecular complexity index is 636. The standard InChI is InChI=1S/C15H12Cl2O2/c1-9-6-7-10(8-13(9)19-2)15(18)11-4-3-5-12(16)14(11)17/h3-8H,1-2H3. The van der Waals surface area contributed by atoms with E-state index in [-0.39, 0.29) is 10.8 Å². The van der Waals surface area contributed by atoms with Crippen LogP contribution in [0.5, 0.6) is 5.75 Å². The van der Waals surface area contributed by atoms with Gasteiger partial charge in [-0.3, -0.25) is 4.79 Å². The molecule has 4 heteroatoms. The number of halogens is 2. The van der Waals surface area contributed by atoms with Gasteiger partial charge in [0.25, 0.3) is 0 Å². The maximum Gasteiger partial charge on any atom is 0.194 e. The Hall–Kier alpha value is -1.51. The van der Waals surface area contributed by atoms with Gasteiger partial charge in [0.2, 0.25) is 0 Å². The minimum atomic E-state index is -0.175. The zero-order valence-corrected chi connectivity index (χ0v) is 12.0. The predicted molar refractivity (Wildman–Crippen MR) is 77.6 cm³/mol. The van der Waals surface area contributed by atoms with Gasteiger partial charge in [-0.25, -0.2) is 0 Å². The van der Waals surface area contributed by atoms with Gasteiger partial charge >= 0.3 is 0 Å². The zero-order valence-electron chi connectivity index (χ0n) is 10.5. The molecule has 0 spiro atoms. The average molecular weight is 295 g/mol. The van der Waals surface area contributed by atoms with E-state index < -0.39 is 0 Å². The molecular formula is C15H12Cl2O2. The van der Waals surface area contributed by atoms with Gasteiger partial charge in [-0.15, -0.1) is 0 Å². The Morgan fingerprint density at radius 3 is 2.58 bits per heavy atom. The van der Waals surface area contributed by atoms with E-state index in [0.717, 1.165) is 5.56 Å². The Labute approximate surface area is 121 Å². The number of aryl methyl sites for hydroxylation is 1. The van der Waals surface area contributed by atoms with Gasteiger partial charge in [0, 0.05) is 11.1 Å². The predicted octanol–water partition coefficient (Wildman–Crippen LogP) is 4.54. The van der Waals surface area contributed by atoms with Crippen LogP contribution in [0.3, 0.4) is 0 Å². The van der Waals surface area contributed by atoms with E-state index in [1.165, 1.54) is 0 Å². The van der Waals surface area contributed by atoms with Crippen LogP contribution in [0.15, 0.2) is 36.4 Å². The molecule has 98 valence electrons. The van der Waals surface area contributed by atoms with Gasteiger partial charge < -0.3 is 4.74 Å². The molecule has 0 aromatic heterocycles. The monoisotopic (exact) mass is 294 g/mol. The van der Waals surface area contributed by atoms with Crippen LogP contribution in [0.2, 0.25) is 10.0 Å². The first-order valence-electron chi connectivity index (χ1n) is 5.68. The van der Waals surface area contributed by atoms with Crippen molar-refractivity contribution in [1.29, 1.82) is 0 Å². The smallest absolute Gasteiger partial charge is 0.194 e. The lowest BCUT2D eigenvalue weighted by Gasteiger charge is -2.08. The summed E-state index contributed by atoms with van der Waals surface area (Å²) in [4.78, 5) is 12.4. The molecule has 0 aliphatic heterocycles. The van der Waals surface area contributed by atoms with Crippen LogP contribution in [-0.2, 0) is 0 Å². The maximum atomic E-state index is 12.4. The average Bonchev–Trinajstić information content (AvgIpc) is 2.41. The molecule has 0 saturated carbocycles. The lowest BCUT2D eigenvalue weighted by Crippen LogP contribution is -2.03. The van der Waals surface area contributed by atoms with Crippen LogP contribution in [0, 0.1) is 6.92 Å². The van der Waals surface area contributed by atoms with E-state index in [2.05, 4.69) is 0 Å². The highest BCUT2D eigenvalue weighted by Gasteiger charge is 2.15. The van der Waals surface area contributed by atoms with Crippen molar-refractivity contribution in [3.05, 3.63) is 63.1 Å². The van der Waals surface area contributed by atoms with Gasteiger partial charge in [0.15, 0.2) is 5.78 Å². The topological polar surface area (TPSA) is 26.3 Å². The number of hydrogen-bond donors (Lipinski definition) is 0. The molecule has 0 N–H and O–H groups in total. The second kappa shape index (κ2) is 5.64. The molecule has 2 aromatic rings. The van der Waals surface area contributed by atoms with E-state index in [4.69, 9.17) is 27.9 Å². The Morgan fingerprint density at radius 1 is 1.16 bits per heavy atom. The summed E-state index contributed by atoms with van der Waals surface area (Å²) in [5.74, 6) is 0.495. The van der Waals surface area contributed by atoms with Crippen molar-refractivity contribution in [2.45, 2.75) is 6.92 Å². The quantitative estimate of drug-likeness (QED) is 0.777. The van der Waals surface area contributed by atoms with Crippen LogP contribution in [0.25, 0.3) is 0 Å². The van der Waals surface area contributed by atoms with Gasteiger partial charge in [-0.1, -0.05) is 41.4 Å². The van der Waals surface area contributed by atoms with Crippen molar-refractivity contribution in [2.75, 3.05) is 7.11 Å². The molecule has 19 heavy (non-hydrogen) atoms. The number of ketones is 1. The molecule has 0 amide bonds. The van der Waals surface area contributed by atoms with E-state index in [0.29, 0.717) is 21.9 Å². The number of methoxy groups -OCH3 is 1. The molecule has 2 rings (SSSR count). The molecule has 0 fully saturated rings. The molecule has 2 aromatic carbocycles. The highest BCUT2D eigenvalue weighted by atomic mass is 35.5. The third-order valence-electron chi connectivity index (χ3n) is 2.87. The molecule has 0 atom stereocenters. The Kier molecular flexibility index (Phi) is 4.13. The number of carbonyl (C=O) groups excluding carboxylic acids is 1. The summed E-state index contributed by atoms with van der Waals surface area (Å²) in [7, 11) is 1.57. The third-order valence-corrected chi connectivity index (χ3v) is 3.69. The van der Waals surface area contributed by atoms with Crippen LogP contribution in [-0.4, -0.2) is 12.9 Å². The first-order valence-corrected chi connectivity index (χ1v) is 6.43. The molecule has 0 heterocycles. The summed E-state index contributed by atoms with van der Waals surface area (Å²) in [5.41, 5.74) is 1.88. The van der Waals surface area contributed by atoms with Crippen LogP contribution in [0.1, 0.15) is 21.5 Å². The number of hydrogen-bond acceptors (Lipinski definition) is 2. The molecular weight excluding hydrogens is 283 g/mol. The highest BCUT2D eigenvalue weighted by molar-refractivity contribution is 6.44. The van der Waals surface area contributed by atoms with Crippen molar-refractivity contribution in [3.63, 3.8) is 0 Å². The Balaban J connectivity index is 2.47. The number of carbonyl (C=O) groups is 1. The lowest BCUT2D eigenvalue weighted by atomic mass is 10.0. The fraction of sp³-hybridized carbons (Fsp3) is 0.133. The normalized spacial score (nSPS) is 10.3. The minimum absolute atomic E-state index is 0.175. The molecule has 0 radical (unpaired) electrons. The van der Waals surface area contributed by atoms with Crippen molar-refractivity contribution in [3.8, 4) is 5.75 Å². The zero-order chi connectivity index (χ0) is 14.0. The van der Waals surface area contributed by atoms with Crippen LogP contribution < -0.4 is 4.74 Å². The SMILES string of the molecule is COc1cc(C(=O)c2cccc(Cl)c2Cl)ccc1C. The van der Waals surface area contributed by atoms with Gasteiger partial charge in [-0.05, 0) is 30.7 Å².